The molecule has 3 atom stereocenters. The van der Waals surface area contributed by atoms with Gasteiger partial charge in [0.1, 0.15) is 11.7 Å². The first-order chi connectivity index (χ1) is 12.7. The monoisotopic (exact) mass is 377 g/mol. The normalized spacial score (nSPS) is 21.0. The van der Waals surface area contributed by atoms with Gasteiger partial charge in [0.05, 0.1) is 25.2 Å². The molecule has 150 valence electrons. The Bertz CT molecular complexity index is 623. The zero-order chi connectivity index (χ0) is 20.0. The van der Waals surface area contributed by atoms with Gasteiger partial charge in [0.15, 0.2) is 0 Å². The number of carbonyl (C=O) groups excluding carboxylic acids is 2. The van der Waals surface area contributed by atoms with E-state index in [1.807, 2.05) is 44.2 Å². The standard InChI is InChI=1S/C21H31NO5/c1-14(2)16-11-18(26-19(16)23)17(22-20(24)27-21(3,4)5)13-25-12-15-9-7-6-8-10-15/h6-10,14,16-18H,11-13H2,1-5H3,(H,22,24)/t16-,17-,18-/m0/s1. The third-order valence-corrected chi connectivity index (χ3v) is 4.42. The summed E-state index contributed by atoms with van der Waals surface area (Å²) in [5.41, 5.74) is 0.434. The van der Waals surface area contributed by atoms with Crippen LogP contribution in [0.1, 0.15) is 46.6 Å². The minimum Gasteiger partial charge on any atom is -0.460 e. The quantitative estimate of drug-likeness (QED) is 0.734. The van der Waals surface area contributed by atoms with Gasteiger partial charge < -0.3 is 19.5 Å². The summed E-state index contributed by atoms with van der Waals surface area (Å²) in [5, 5.41) is 2.82. The molecule has 0 spiro atoms. The maximum atomic E-state index is 12.2. The Morgan fingerprint density at radius 2 is 1.93 bits per heavy atom. The number of cyclic esters (lactones) is 1. The summed E-state index contributed by atoms with van der Waals surface area (Å²) in [7, 11) is 0. The maximum absolute atomic E-state index is 12.2. The molecule has 27 heavy (non-hydrogen) atoms. The van der Waals surface area contributed by atoms with E-state index < -0.39 is 23.8 Å². The fourth-order valence-electron chi connectivity index (χ4n) is 3.00. The van der Waals surface area contributed by atoms with Crippen molar-refractivity contribution in [3.05, 3.63) is 35.9 Å². The molecular weight excluding hydrogens is 346 g/mol. The number of esters is 1. The topological polar surface area (TPSA) is 73.9 Å². The van der Waals surface area contributed by atoms with Crippen LogP contribution >= 0.6 is 0 Å². The average Bonchev–Trinajstić information content (AvgIpc) is 2.95. The van der Waals surface area contributed by atoms with Gasteiger partial charge >= 0.3 is 12.1 Å². The summed E-state index contributed by atoms with van der Waals surface area (Å²) in [5.74, 6) is -0.184. The van der Waals surface area contributed by atoms with Crippen molar-refractivity contribution in [2.45, 2.75) is 65.4 Å². The van der Waals surface area contributed by atoms with Crippen LogP contribution in [0.2, 0.25) is 0 Å². The first-order valence-corrected chi connectivity index (χ1v) is 9.47. The van der Waals surface area contributed by atoms with Crippen molar-refractivity contribution in [1.82, 2.24) is 5.32 Å². The van der Waals surface area contributed by atoms with Gasteiger partial charge in [-0.2, -0.15) is 0 Å². The first-order valence-electron chi connectivity index (χ1n) is 9.47. The van der Waals surface area contributed by atoms with Crippen molar-refractivity contribution in [1.29, 1.82) is 0 Å². The van der Waals surface area contributed by atoms with Gasteiger partial charge in [0.2, 0.25) is 0 Å². The number of amides is 1. The molecule has 1 aliphatic heterocycles. The molecule has 1 fully saturated rings. The Morgan fingerprint density at radius 1 is 1.26 bits per heavy atom. The molecule has 2 rings (SSSR count). The van der Waals surface area contributed by atoms with Crippen LogP contribution in [0.15, 0.2) is 30.3 Å². The summed E-state index contributed by atoms with van der Waals surface area (Å²) in [6, 6.07) is 9.32. The summed E-state index contributed by atoms with van der Waals surface area (Å²) in [6.07, 6.45) is -0.404. The molecule has 0 saturated carbocycles. The molecule has 1 amide bonds. The number of hydrogen-bond donors (Lipinski definition) is 1. The molecule has 1 heterocycles. The zero-order valence-electron chi connectivity index (χ0n) is 16.9. The van der Waals surface area contributed by atoms with Gasteiger partial charge in [-0.1, -0.05) is 44.2 Å². The lowest BCUT2D eigenvalue weighted by Gasteiger charge is -2.26. The van der Waals surface area contributed by atoms with Crippen molar-refractivity contribution in [3.8, 4) is 0 Å². The van der Waals surface area contributed by atoms with E-state index in [1.54, 1.807) is 20.8 Å². The molecule has 0 aliphatic carbocycles. The second kappa shape index (κ2) is 9.22. The lowest BCUT2D eigenvalue weighted by molar-refractivity contribution is -0.146. The molecule has 0 bridgehead atoms. The van der Waals surface area contributed by atoms with E-state index >= 15 is 0 Å². The van der Waals surface area contributed by atoms with Gasteiger partial charge in [0.25, 0.3) is 0 Å². The average molecular weight is 377 g/mol. The molecule has 1 saturated heterocycles. The summed E-state index contributed by atoms with van der Waals surface area (Å²) in [4.78, 5) is 24.4. The predicted octanol–water partition coefficient (Wildman–Crippen LogP) is 3.68. The van der Waals surface area contributed by atoms with Gasteiger partial charge in [-0.3, -0.25) is 4.79 Å². The number of hydrogen-bond acceptors (Lipinski definition) is 5. The largest absolute Gasteiger partial charge is 0.460 e. The molecule has 0 aromatic heterocycles. The predicted molar refractivity (Wildman–Crippen MR) is 102 cm³/mol. The highest BCUT2D eigenvalue weighted by molar-refractivity contribution is 5.75. The van der Waals surface area contributed by atoms with Crippen LogP contribution in [0.4, 0.5) is 4.79 Å². The number of alkyl carbamates (subject to hydrolysis) is 1. The highest BCUT2D eigenvalue weighted by Crippen LogP contribution is 2.29. The highest BCUT2D eigenvalue weighted by atomic mass is 16.6. The van der Waals surface area contributed by atoms with Gasteiger partial charge in [0, 0.05) is 6.42 Å². The summed E-state index contributed by atoms with van der Waals surface area (Å²) >= 11 is 0. The fourth-order valence-corrected chi connectivity index (χ4v) is 3.00. The third kappa shape index (κ3) is 6.86. The molecule has 1 N–H and O–H groups in total. The third-order valence-electron chi connectivity index (χ3n) is 4.42. The summed E-state index contributed by atoms with van der Waals surface area (Å²) < 4.78 is 16.7. The maximum Gasteiger partial charge on any atom is 0.408 e. The van der Waals surface area contributed by atoms with E-state index in [0.717, 1.165) is 5.56 Å². The van der Waals surface area contributed by atoms with Gasteiger partial charge in [-0.25, -0.2) is 4.79 Å². The van der Waals surface area contributed by atoms with E-state index in [9.17, 15) is 9.59 Å². The molecular formula is C21H31NO5. The fraction of sp³-hybridized carbons (Fsp3) is 0.619. The van der Waals surface area contributed by atoms with Crippen LogP contribution in [-0.2, 0) is 25.6 Å². The lowest BCUT2D eigenvalue weighted by Crippen LogP contribution is -2.48. The highest BCUT2D eigenvalue weighted by Gasteiger charge is 2.41. The molecule has 6 nitrogen and oxygen atoms in total. The SMILES string of the molecule is CC(C)[C@@H]1C[C@@H]([C@H](COCc2ccccc2)NC(=O)OC(C)(C)C)OC1=O. The van der Waals surface area contributed by atoms with Crippen molar-refractivity contribution in [2.24, 2.45) is 11.8 Å². The van der Waals surface area contributed by atoms with Crippen molar-refractivity contribution >= 4 is 12.1 Å². The van der Waals surface area contributed by atoms with E-state index in [0.29, 0.717) is 13.0 Å². The smallest absolute Gasteiger partial charge is 0.408 e. The Labute approximate surface area is 161 Å². The molecule has 1 aromatic rings. The molecule has 1 aliphatic rings. The van der Waals surface area contributed by atoms with Crippen LogP contribution in [0.25, 0.3) is 0 Å². The lowest BCUT2D eigenvalue weighted by atomic mass is 9.91. The Hall–Kier alpha value is -2.08. The van der Waals surface area contributed by atoms with E-state index in [4.69, 9.17) is 14.2 Å². The first kappa shape index (κ1) is 21.2. The summed E-state index contributed by atoms with van der Waals surface area (Å²) in [6.45, 7) is 10.1. The van der Waals surface area contributed by atoms with Crippen molar-refractivity contribution < 1.29 is 23.8 Å². The number of benzene rings is 1. The number of carbonyl (C=O) groups is 2. The second-order valence-electron chi connectivity index (χ2n) is 8.32. The van der Waals surface area contributed by atoms with Crippen LogP contribution in [0.3, 0.4) is 0 Å². The number of nitrogens with one attached hydrogen (secondary N) is 1. The minimum atomic E-state index is -0.605. The molecule has 1 aromatic carbocycles. The number of rotatable bonds is 7. The Kier molecular flexibility index (Phi) is 7.25. The van der Waals surface area contributed by atoms with Gasteiger partial charge in [-0.15, -0.1) is 0 Å². The zero-order valence-corrected chi connectivity index (χ0v) is 16.9. The molecule has 0 radical (unpaired) electrons. The Balaban J connectivity index is 1.99. The second-order valence-corrected chi connectivity index (χ2v) is 8.32. The van der Waals surface area contributed by atoms with E-state index in [2.05, 4.69) is 5.32 Å². The van der Waals surface area contributed by atoms with Crippen LogP contribution in [0.5, 0.6) is 0 Å². The van der Waals surface area contributed by atoms with E-state index in [-0.39, 0.29) is 24.4 Å². The molecule has 6 heteroatoms. The van der Waals surface area contributed by atoms with Crippen molar-refractivity contribution in [3.63, 3.8) is 0 Å². The Morgan fingerprint density at radius 3 is 2.48 bits per heavy atom. The minimum absolute atomic E-state index is 0.160. The van der Waals surface area contributed by atoms with Crippen molar-refractivity contribution in [2.75, 3.05) is 6.61 Å². The van der Waals surface area contributed by atoms with Gasteiger partial charge in [-0.05, 0) is 32.3 Å². The number of ether oxygens (including phenoxy) is 3. The molecule has 0 unspecified atom stereocenters. The van der Waals surface area contributed by atoms with Crippen LogP contribution in [0, 0.1) is 11.8 Å². The van der Waals surface area contributed by atoms with Crippen LogP contribution in [-0.4, -0.2) is 36.4 Å². The van der Waals surface area contributed by atoms with E-state index in [1.165, 1.54) is 0 Å². The van der Waals surface area contributed by atoms with Crippen LogP contribution < -0.4 is 5.32 Å².